The number of benzene rings is 3. The molecule has 0 radical (unpaired) electrons. The first-order valence-electron chi connectivity index (χ1n) is 10.7. The fourth-order valence-electron chi connectivity index (χ4n) is 3.43. The molecule has 1 aliphatic carbocycles. The Bertz CT molecular complexity index is 1210. The molecular formula is C25H21F3N5OS-. The van der Waals surface area contributed by atoms with E-state index in [4.69, 9.17) is 18.0 Å². The highest BCUT2D eigenvalue weighted by Gasteiger charge is 2.38. The highest BCUT2D eigenvalue weighted by molar-refractivity contribution is 7.80. The first-order valence-corrected chi connectivity index (χ1v) is 11.1. The predicted octanol–water partition coefficient (Wildman–Crippen LogP) is 6.59. The molecule has 10 heteroatoms. The van der Waals surface area contributed by atoms with Gasteiger partial charge in [-0.1, -0.05) is 48.3 Å². The smallest absolute Gasteiger partial charge is 0.482 e. The van der Waals surface area contributed by atoms with Gasteiger partial charge in [0.2, 0.25) is 0 Å². The molecule has 3 N–H and O–H groups in total. The summed E-state index contributed by atoms with van der Waals surface area (Å²) in [5.74, 6) is 0.0381. The predicted molar refractivity (Wildman–Crippen MR) is 136 cm³/mol. The quantitative estimate of drug-likeness (QED) is 0.220. The lowest BCUT2D eigenvalue weighted by Crippen LogP contribution is -2.31. The maximum Gasteiger partial charge on any atom is 0.573 e. The standard InChI is InChI=1S/C25H22F3N5OS/c26-25(27,28)34-20-12-10-18(11-13-20)30-15-31-23(29)17-8-6-16(7-9-17)21-14-22(21)33-24(35)32-19-4-2-1-3-5-19/h1-13,15,21-22H,14H2,(H4,29,30,31,32,33,35)/p-1. The molecule has 0 aliphatic heterocycles. The molecule has 35 heavy (non-hydrogen) atoms. The van der Waals surface area contributed by atoms with Crippen LogP contribution in [0.1, 0.15) is 23.5 Å². The Morgan fingerprint density at radius 2 is 1.69 bits per heavy atom. The van der Waals surface area contributed by atoms with Crippen LogP contribution in [0.15, 0.2) is 88.8 Å². The molecule has 6 nitrogen and oxygen atoms in total. The third-order valence-corrected chi connectivity index (χ3v) is 5.43. The summed E-state index contributed by atoms with van der Waals surface area (Å²) in [6, 6.07) is 22.6. The SMILES string of the molecule is [NH-]C(=NC=Nc1ccc(OC(F)(F)F)cc1)c1ccc(C2CC2NC(=S)Nc2ccccc2)cc1. The summed E-state index contributed by atoms with van der Waals surface area (Å²) in [6.07, 6.45) is -2.58. The summed E-state index contributed by atoms with van der Waals surface area (Å²) in [6.45, 7) is 0. The van der Waals surface area contributed by atoms with Crippen LogP contribution < -0.4 is 15.4 Å². The van der Waals surface area contributed by atoms with Gasteiger partial charge in [-0.25, -0.2) is 0 Å². The average molecular weight is 497 g/mol. The van der Waals surface area contributed by atoms with E-state index in [-0.39, 0.29) is 17.6 Å². The van der Waals surface area contributed by atoms with Crippen molar-refractivity contribution in [3.05, 3.63) is 95.7 Å². The highest BCUT2D eigenvalue weighted by Crippen LogP contribution is 2.40. The van der Waals surface area contributed by atoms with Gasteiger partial charge >= 0.3 is 6.36 Å². The van der Waals surface area contributed by atoms with Gasteiger partial charge in [0.05, 0.1) is 5.69 Å². The van der Waals surface area contributed by atoms with E-state index in [9.17, 15) is 13.2 Å². The maximum absolute atomic E-state index is 12.2. The average Bonchev–Trinajstić information content (AvgIpc) is 3.58. The van der Waals surface area contributed by atoms with Crippen LogP contribution in [0.3, 0.4) is 0 Å². The van der Waals surface area contributed by atoms with Crippen molar-refractivity contribution in [2.24, 2.45) is 9.98 Å². The summed E-state index contributed by atoms with van der Waals surface area (Å²) >= 11 is 5.39. The fourth-order valence-corrected chi connectivity index (χ4v) is 3.70. The maximum atomic E-state index is 12.2. The van der Waals surface area contributed by atoms with Gasteiger partial charge in [-0.15, -0.1) is 13.2 Å². The van der Waals surface area contributed by atoms with E-state index in [1.807, 2.05) is 54.6 Å². The van der Waals surface area contributed by atoms with Crippen LogP contribution in [0.5, 0.6) is 5.75 Å². The molecule has 0 bridgehead atoms. The second-order valence-electron chi connectivity index (χ2n) is 7.80. The lowest BCUT2D eigenvalue weighted by atomic mass is 10.1. The molecule has 2 unspecified atom stereocenters. The van der Waals surface area contributed by atoms with Gasteiger partial charge in [0.15, 0.2) is 5.11 Å². The Kier molecular flexibility index (Phi) is 7.31. The van der Waals surface area contributed by atoms with Gasteiger partial charge in [-0.3, -0.25) is 4.99 Å². The molecule has 0 aromatic heterocycles. The van der Waals surface area contributed by atoms with Crippen molar-refractivity contribution in [2.45, 2.75) is 24.7 Å². The van der Waals surface area contributed by atoms with Crippen molar-refractivity contribution in [3.8, 4) is 5.75 Å². The van der Waals surface area contributed by atoms with E-state index < -0.39 is 6.36 Å². The van der Waals surface area contributed by atoms with Crippen molar-refractivity contribution in [1.29, 1.82) is 0 Å². The number of amidine groups is 1. The van der Waals surface area contributed by atoms with Gasteiger partial charge in [-0.2, -0.15) is 0 Å². The minimum atomic E-state index is -4.74. The van der Waals surface area contributed by atoms with Crippen molar-refractivity contribution in [1.82, 2.24) is 5.32 Å². The van der Waals surface area contributed by atoms with Crippen LogP contribution in [-0.2, 0) is 0 Å². The molecule has 2 atom stereocenters. The molecule has 0 spiro atoms. The number of nitrogens with one attached hydrogen (secondary N) is 3. The van der Waals surface area contributed by atoms with Crippen LogP contribution in [0.2, 0.25) is 0 Å². The first kappa shape index (κ1) is 24.2. The van der Waals surface area contributed by atoms with Crippen molar-refractivity contribution in [3.63, 3.8) is 0 Å². The number of aliphatic imine (C=N–C) groups is 2. The summed E-state index contributed by atoms with van der Waals surface area (Å²) in [5.41, 5.74) is 11.2. The number of alkyl halides is 3. The van der Waals surface area contributed by atoms with E-state index in [2.05, 4.69) is 25.4 Å². The van der Waals surface area contributed by atoms with E-state index in [1.54, 1.807) is 0 Å². The number of anilines is 1. The summed E-state index contributed by atoms with van der Waals surface area (Å²) in [7, 11) is 0. The molecule has 3 aromatic rings. The van der Waals surface area contributed by atoms with Gasteiger partial charge in [0, 0.05) is 24.0 Å². The van der Waals surface area contributed by atoms with E-state index in [0.717, 1.165) is 29.8 Å². The molecule has 1 saturated carbocycles. The van der Waals surface area contributed by atoms with Crippen molar-refractivity contribution < 1.29 is 17.9 Å². The zero-order chi connectivity index (χ0) is 24.8. The molecule has 4 rings (SSSR count). The Hall–Kier alpha value is -3.92. The Balaban J connectivity index is 1.28. The van der Waals surface area contributed by atoms with Crippen molar-refractivity contribution in [2.75, 3.05) is 5.32 Å². The zero-order valence-electron chi connectivity index (χ0n) is 18.3. The van der Waals surface area contributed by atoms with E-state index in [0.29, 0.717) is 22.3 Å². The third kappa shape index (κ3) is 7.28. The number of para-hydroxylation sites is 1. The van der Waals surface area contributed by atoms with E-state index in [1.165, 1.54) is 18.5 Å². The molecule has 3 aromatic carbocycles. The zero-order valence-corrected chi connectivity index (χ0v) is 19.1. The van der Waals surface area contributed by atoms with Crippen LogP contribution in [0, 0.1) is 0 Å². The van der Waals surface area contributed by atoms with Gasteiger partial charge in [-0.05, 0) is 66.2 Å². The van der Waals surface area contributed by atoms with Gasteiger partial charge < -0.3 is 26.1 Å². The molecule has 0 amide bonds. The number of hydrogen-bond donors (Lipinski definition) is 2. The fraction of sp³-hybridized carbons (Fsp3) is 0.160. The third-order valence-electron chi connectivity index (χ3n) is 5.21. The van der Waals surface area contributed by atoms with Crippen molar-refractivity contribution >= 4 is 40.9 Å². The number of hydrogen-bond acceptors (Lipinski definition) is 3. The van der Waals surface area contributed by atoms with Crippen LogP contribution in [-0.4, -0.2) is 29.7 Å². The number of halogens is 3. The van der Waals surface area contributed by atoms with Crippen LogP contribution in [0.25, 0.3) is 5.73 Å². The molecule has 1 fully saturated rings. The second kappa shape index (κ2) is 10.6. The lowest BCUT2D eigenvalue weighted by Gasteiger charge is -2.11. The Labute approximate surface area is 205 Å². The van der Waals surface area contributed by atoms with Crippen LogP contribution in [0.4, 0.5) is 24.5 Å². The normalized spacial score (nSPS) is 17.7. The monoisotopic (exact) mass is 496 g/mol. The first-order chi connectivity index (χ1) is 16.8. The Morgan fingerprint density at radius 3 is 2.34 bits per heavy atom. The minimum absolute atomic E-state index is 0.0241. The summed E-state index contributed by atoms with van der Waals surface area (Å²) < 4.78 is 40.4. The topological polar surface area (TPSA) is 81.8 Å². The molecule has 180 valence electrons. The van der Waals surface area contributed by atoms with Gasteiger partial charge in [0.25, 0.3) is 0 Å². The second-order valence-corrected chi connectivity index (χ2v) is 8.21. The summed E-state index contributed by atoms with van der Waals surface area (Å²) in [5, 5.41) is 7.08. The largest absolute Gasteiger partial charge is 0.573 e. The lowest BCUT2D eigenvalue weighted by molar-refractivity contribution is -0.274. The molecule has 0 saturated heterocycles. The number of ether oxygens (including phenoxy) is 1. The minimum Gasteiger partial charge on any atom is -0.482 e. The molecular weight excluding hydrogens is 475 g/mol. The molecule has 1 aliphatic rings. The van der Waals surface area contributed by atoms with Gasteiger partial charge in [0.1, 0.15) is 5.75 Å². The highest BCUT2D eigenvalue weighted by atomic mass is 32.1. The van der Waals surface area contributed by atoms with Crippen LogP contribution >= 0.6 is 12.2 Å². The Morgan fingerprint density at radius 1 is 1.00 bits per heavy atom. The van der Waals surface area contributed by atoms with E-state index >= 15 is 0 Å². The number of thiocarbonyl (C=S) groups is 1. The molecule has 0 heterocycles. The number of rotatable bonds is 7. The number of nitrogens with zero attached hydrogens (tertiary/aromatic N) is 2. The summed E-state index contributed by atoms with van der Waals surface area (Å²) in [4.78, 5) is 8.04.